The van der Waals surface area contributed by atoms with Gasteiger partial charge in [-0.25, -0.2) is 0 Å². The second kappa shape index (κ2) is 7.91. The molecule has 1 aromatic rings. The molecule has 0 radical (unpaired) electrons. The van der Waals surface area contributed by atoms with Gasteiger partial charge in [0.25, 0.3) is 11.6 Å². The molecule has 0 aromatic heterocycles. The molecule has 0 fully saturated rings. The maximum absolute atomic E-state index is 9.80. The molecule has 0 atom stereocenters. The molecule has 0 N–H and O–H groups in total. The lowest BCUT2D eigenvalue weighted by molar-refractivity contribution is -0.379. The Labute approximate surface area is 143 Å². The predicted octanol–water partition coefficient (Wildman–Crippen LogP) is 3.52. The molecule has 2 rings (SSSR count). The standard InChI is InChI=1S/C19H25NO4/c1-5-21-18(22-6-2)16(14-20)17(15-12-10-9-11-13-15)19(18,23-7-3)24-8-4/h9-13H,5-8H2,1-4H3. The van der Waals surface area contributed by atoms with Crippen LogP contribution in [0, 0.1) is 11.3 Å². The van der Waals surface area contributed by atoms with Gasteiger partial charge in [0.15, 0.2) is 0 Å². The van der Waals surface area contributed by atoms with E-state index in [4.69, 9.17) is 18.9 Å². The average molecular weight is 331 g/mol. The Morgan fingerprint density at radius 1 is 0.792 bits per heavy atom. The third-order valence-corrected chi connectivity index (χ3v) is 3.91. The highest BCUT2D eigenvalue weighted by molar-refractivity contribution is 5.87. The van der Waals surface area contributed by atoms with Crippen molar-refractivity contribution < 1.29 is 18.9 Å². The molecule has 0 aliphatic heterocycles. The highest BCUT2D eigenvalue weighted by Crippen LogP contribution is 2.58. The molecule has 1 aromatic carbocycles. The number of hydrogen-bond donors (Lipinski definition) is 0. The van der Waals surface area contributed by atoms with E-state index >= 15 is 0 Å². The fraction of sp³-hybridized carbons (Fsp3) is 0.526. The van der Waals surface area contributed by atoms with E-state index < -0.39 is 11.6 Å². The summed E-state index contributed by atoms with van der Waals surface area (Å²) in [6, 6.07) is 11.9. The molecule has 24 heavy (non-hydrogen) atoms. The molecule has 1 aliphatic carbocycles. The second-order valence-electron chi connectivity index (χ2n) is 5.19. The summed E-state index contributed by atoms with van der Waals surface area (Å²) in [6.07, 6.45) is 0. The van der Waals surface area contributed by atoms with Crippen LogP contribution in [0.1, 0.15) is 33.3 Å². The Morgan fingerprint density at radius 2 is 1.25 bits per heavy atom. The van der Waals surface area contributed by atoms with E-state index in [9.17, 15) is 5.26 Å². The summed E-state index contributed by atoms with van der Waals surface area (Å²) in [6.45, 7) is 9.03. The summed E-state index contributed by atoms with van der Waals surface area (Å²) in [5.74, 6) is -2.60. The van der Waals surface area contributed by atoms with E-state index in [-0.39, 0.29) is 0 Å². The molecular weight excluding hydrogens is 306 g/mol. The Morgan fingerprint density at radius 3 is 1.67 bits per heavy atom. The summed E-state index contributed by atoms with van der Waals surface area (Å²) in [4.78, 5) is 0. The van der Waals surface area contributed by atoms with Crippen LogP contribution < -0.4 is 0 Å². The molecular formula is C19H25NO4. The molecule has 0 saturated heterocycles. The maximum Gasteiger partial charge on any atom is 0.266 e. The van der Waals surface area contributed by atoms with Crippen LogP contribution in [0.25, 0.3) is 5.57 Å². The van der Waals surface area contributed by atoms with Crippen LogP contribution in [-0.2, 0) is 18.9 Å². The number of ether oxygens (including phenoxy) is 4. The van der Waals surface area contributed by atoms with Gasteiger partial charge in [-0.2, -0.15) is 5.26 Å². The Bertz CT molecular complexity index is 606. The minimum Gasteiger partial charge on any atom is -0.342 e. The van der Waals surface area contributed by atoms with Gasteiger partial charge in [0.1, 0.15) is 11.6 Å². The molecule has 0 bridgehead atoms. The Balaban J connectivity index is 2.72. The van der Waals surface area contributed by atoms with Gasteiger partial charge in [-0.3, -0.25) is 0 Å². The molecule has 130 valence electrons. The minimum absolute atomic E-state index is 0.370. The van der Waals surface area contributed by atoms with E-state index in [0.29, 0.717) is 37.6 Å². The molecule has 0 spiro atoms. The van der Waals surface area contributed by atoms with E-state index in [2.05, 4.69) is 6.07 Å². The van der Waals surface area contributed by atoms with Crippen LogP contribution in [0.15, 0.2) is 35.9 Å². The summed E-state index contributed by atoms with van der Waals surface area (Å²) >= 11 is 0. The Kier molecular flexibility index (Phi) is 6.14. The van der Waals surface area contributed by atoms with Crippen molar-refractivity contribution in [1.29, 1.82) is 5.26 Å². The van der Waals surface area contributed by atoms with E-state index in [0.717, 1.165) is 5.56 Å². The number of benzene rings is 1. The smallest absolute Gasteiger partial charge is 0.266 e. The van der Waals surface area contributed by atoms with Gasteiger partial charge in [-0.05, 0) is 33.3 Å². The lowest BCUT2D eigenvalue weighted by Crippen LogP contribution is -2.69. The van der Waals surface area contributed by atoms with Gasteiger partial charge >= 0.3 is 0 Å². The Hall–Kier alpha value is -1.71. The summed E-state index contributed by atoms with van der Waals surface area (Å²) in [5, 5.41) is 9.80. The van der Waals surface area contributed by atoms with Crippen molar-refractivity contribution in [3.63, 3.8) is 0 Å². The summed E-state index contributed by atoms with van der Waals surface area (Å²) in [5.41, 5.74) is 1.95. The first-order valence-electron chi connectivity index (χ1n) is 8.43. The third kappa shape index (κ3) is 2.66. The second-order valence-corrected chi connectivity index (χ2v) is 5.19. The lowest BCUT2D eigenvalue weighted by atomic mass is 9.71. The highest BCUT2D eigenvalue weighted by atomic mass is 16.8. The van der Waals surface area contributed by atoms with Crippen LogP contribution in [0.5, 0.6) is 0 Å². The topological polar surface area (TPSA) is 60.7 Å². The van der Waals surface area contributed by atoms with Crippen molar-refractivity contribution in [1.82, 2.24) is 0 Å². The van der Waals surface area contributed by atoms with Crippen LogP contribution in [0.3, 0.4) is 0 Å². The zero-order valence-electron chi connectivity index (χ0n) is 14.8. The van der Waals surface area contributed by atoms with Crippen molar-refractivity contribution in [2.45, 2.75) is 39.3 Å². The van der Waals surface area contributed by atoms with Crippen LogP contribution in [0.2, 0.25) is 0 Å². The molecule has 5 heteroatoms. The minimum atomic E-state index is -1.34. The van der Waals surface area contributed by atoms with Crippen molar-refractivity contribution in [2.75, 3.05) is 26.4 Å². The first-order valence-corrected chi connectivity index (χ1v) is 8.43. The maximum atomic E-state index is 9.80. The van der Waals surface area contributed by atoms with E-state index in [1.54, 1.807) is 0 Å². The first-order chi connectivity index (χ1) is 11.7. The number of rotatable bonds is 9. The zero-order chi connectivity index (χ0) is 17.6. The first kappa shape index (κ1) is 18.6. The highest BCUT2D eigenvalue weighted by Gasteiger charge is 2.71. The molecule has 0 unspecified atom stereocenters. The monoisotopic (exact) mass is 331 g/mol. The normalized spacial score (nSPS) is 18.1. The number of nitrogens with zero attached hydrogens (tertiary/aromatic N) is 1. The number of hydrogen-bond acceptors (Lipinski definition) is 5. The van der Waals surface area contributed by atoms with Gasteiger partial charge in [-0.1, -0.05) is 30.3 Å². The molecule has 5 nitrogen and oxygen atoms in total. The fourth-order valence-corrected chi connectivity index (χ4v) is 3.23. The lowest BCUT2D eigenvalue weighted by Gasteiger charge is -2.56. The van der Waals surface area contributed by atoms with E-state index in [1.807, 2.05) is 58.0 Å². The number of nitriles is 1. The SMILES string of the molecule is CCOC1(OCC)C(C#N)=C(c2ccccc2)C1(OCC)OCC. The van der Waals surface area contributed by atoms with Crippen molar-refractivity contribution >= 4 is 5.57 Å². The van der Waals surface area contributed by atoms with Crippen LogP contribution in [-0.4, -0.2) is 38.0 Å². The van der Waals surface area contributed by atoms with Gasteiger partial charge in [0.2, 0.25) is 0 Å². The quantitative estimate of drug-likeness (QED) is 0.648. The van der Waals surface area contributed by atoms with Crippen molar-refractivity contribution in [3.8, 4) is 6.07 Å². The van der Waals surface area contributed by atoms with Gasteiger partial charge in [0, 0.05) is 32.0 Å². The van der Waals surface area contributed by atoms with Crippen molar-refractivity contribution in [3.05, 3.63) is 41.5 Å². The van der Waals surface area contributed by atoms with Crippen molar-refractivity contribution in [2.24, 2.45) is 0 Å². The van der Waals surface area contributed by atoms with Crippen LogP contribution >= 0.6 is 0 Å². The predicted molar refractivity (Wildman–Crippen MR) is 90.9 cm³/mol. The van der Waals surface area contributed by atoms with Gasteiger partial charge in [0.05, 0.1) is 0 Å². The molecule has 0 amide bonds. The van der Waals surface area contributed by atoms with Gasteiger partial charge < -0.3 is 18.9 Å². The summed E-state index contributed by atoms with van der Waals surface area (Å²) < 4.78 is 23.9. The van der Waals surface area contributed by atoms with E-state index in [1.165, 1.54) is 0 Å². The molecule has 1 aliphatic rings. The zero-order valence-corrected chi connectivity index (χ0v) is 14.8. The fourth-order valence-electron chi connectivity index (χ4n) is 3.23. The average Bonchev–Trinajstić information content (AvgIpc) is 2.59. The van der Waals surface area contributed by atoms with Gasteiger partial charge in [-0.15, -0.1) is 0 Å². The third-order valence-electron chi connectivity index (χ3n) is 3.91. The molecule has 0 saturated carbocycles. The summed E-state index contributed by atoms with van der Waals surface area (Å²) in [7, 11) is 0. The largest absolute Gasteiger partial charge is 0.342 e. The molecule has 0 heterocycles. The van der Waals surface area contributed by atoms with Crippen LogP contribution in [0.4, 0.5) is 0 Å².